The van der Waals surface area contributed by atoms with Crippen LogP contribution in [0.1, 0.15) is 20.7 Å². The van der Waals surface area contributed by atoms with Crippen LogP contribution < -0.4 is 4.74 Å². The second-order valence-corrected chi connectivity index (χ2v) is 4.10. The molecule has 2 rings (SSSR count). The molecule has 1 N–H and O–H groups in total. The van der Waals surface area contributed by atoms with Crippen molar-refractivity contribution in [2.75, 3.05) is 7.11 Å². The molecule has 108 valence electrons. The van der Waals surface area contributed by atoms with Crippen molar-refractivity contribution in [3.05, 3.63) is 59.4 Å². The molecular weight excluding hydrogens is 279 g/mol. The summed E-state index contributed by atoms with van der Waals surface area (Å²) in [6, 6.07) is 8.99. The zero-order chi connectivity index (χ0) is 15.4. The number of hydrogen-bond acceptors (Lipinski definition) is 4. The van der Waals surface area contributed by atoms with Gasteiger partial charge in [0.2, 0.25) is 0 Å². The molecule has 2 aromatic rings. The highest BCUT2D eigenvalue weighted by atomic mass is 19.1. The molecule has 0 spiro atoms. The molecule has 0 aromatic heterocycles. The van der Waals surface area contributed by atoms with Gasteiger partial charge in [0.15, 0.2) is 0 Å². The Bertz CT molecular complexity index is 679. The Balaban J connectivity index is 2.37. The number of ether oxygens (including phenoxy) is 2. The summed E-state index contributed by atoms with van der Waals surface area (Å²) in [6.45, 7) is 0. The van der Waals surface area contributed by atoms with Gasteiger partial charge in [0.05, 0.1) is 18.2 Å². The maximum Gasteiger partial charge on any atom is 0.338 e. The molecule has 0 radical (unpaired) electrons. The van der Waals surface area contributed by atoms with E-state index in [-0.39, 0.29) is 16.9 Å². The highest BCUT2D eigenvalue weighted by Gasteiger charge is 2.13. The van der Waals surface area contributed by atoms with Crippen LogP contribution in [0.5, 0.6) is 11.5 Å². The lowest BCUT2D eigenvalue weighted by atomic mass is 10.1. The molecule has 0 aliphatic heterocycles. The zero-order valence-corrected chi connectivity index (χ0v) is 11.0. The number of aromatic carboxylic acids is 1. The van der Waals surface area contributed by atoms with Crippen LogP contribution in [0.4, 0.5) is 4.39 Å². The highest BCUT2D eigenvalue weighted by Crippen LogP contribution is 2.24. The summed E-state index contributed by atoms with van der Waals surface area (Å²) in [7, 11) is 1.19. The second-order valence-electron chi connectivity index (χ2n) is 4.10. The summed E-state index contributed by atoms with van der Waals surface area (Å²) in [5.41, 5.74) is -0.0653. The van der Waals surface area contributed by atoms with Gasteiger partial charge in [0.25, 0.3) is 0 Å². The monoisotopic (exact) mass is 290 g/mol. The van der Waals surface area contributed by atoms with Crippen LogP contribution in [-0.2, 0) is 4.74 Å². The lowest BCUT2D eigenvalue weighted by molar-refractivity contribution is 0.0600. The maximum atomic E-state index is 12.8. The number of carbonyl (C=O) groups excluding carboxylic acids is 1. The van der Waals surface area contributed by atoms with E-state index in [2.05, 4.69) is 4.74 Å². The maximum absolute atomic E-state index is 12.8. The van der Waals surface area contributed by atoms with Crippen molar-refractivity contribution in [2.24, 2.45) is 0 Å². The van der Waals surface area contributed by atoms with Crippen molar-refractivity contribution in [3.8, 4) is 11.5 Å². The van der Waals surface area contributed by atoms with E-state index in [0.29, 0.717) is 5.75 Å². The van der Waals surface area contributed by atoms with E-state index in [4.69, 9.17) is 9.84 Å². The number of hydrogen-bond donors (Lipinski definition) is 1. The molecule has 0 aliphatic carbocycles. The third-order valence-corrected chi connectivity index (χ3v) is 2.62. The second kappa shape index (κ2) is 6.04. The molecule has 21 heavy (non-hydrogen) atoms. The average molecular weight is 290 g/mol. The lowest BCUT2D eigenvalue weighted by Gasteiger charge is -2.08. The molecular formula is C15H11FO5. The van der Waals surface area contributed by atoms with Crippen LogP contribution in [0.25, 0.3) is 0 Å². The van der Waals surface area contributed by atoms with Crippen LogP contribution in [0.2, 0.25) is 0 Å². The SMILES string of the molecule is COC(=O)c1cc(Oc2ccc(F)cc2)cc(C(=O)O)c1. The molecule has 6 heteroatoms. The van der Waals surface area contributed by atoms with E-state index in [0.717, 1.165) is 0 Å². The molecule has 2 aromatic carbocycles. The predicted molar refractivity (Wildman–Crippen MR) is 71.2 cm³/mol. The van der Waals surface area contributed by atoms with E-state index in [1.165, 1.54) is 49.6 Å². The van der Waals surface area contributed by atoms with Gasteiger partial charge in [-0.05, 0) is 42.5 Å². The Morgan fingerprint density at radius 2 is 1.62 bits per heavy atom. The van der Waals surface area contributed by atoms with Crippen LogP contribution in [0, 0.1) is 5.82 Å². The van der Waals surface area contributed by atoms with Crippen LogP contribution in [-0.4, -0.2) is 24.2 Å². The number of rotatable bonds is 4. The minimum absolute atomic E-state index is 0.0505. The van der Waals surface area contributed by atoms with Crippen molar-refractivity contribution in [2.45, 2.75) is 0 Å². The number of carboxylic acids is 1. The van der Waals surface area contributed by atoms with E-state index < -0.39 is 17.8 Å². The fourth-order valence-corrected chi connectivity index (χ4v) is 1.66. The number of methoxy groups -OCH3 is 1. The van der Waals surface area contributed by atoms with E-state index in [1.54, 1.807) is 0 Å². The van der Waals surface area contributed by atoms with Gasteiger partial charge < -0.3 is 14.6 Å². The quantitative estimate of drug-likeness (QED) is 0.876. The number of halogens is 1. The Kier molecular flexibility index (Phi) is 4.18. The van der Waals surface area contributed by atoms with Gasteiger partial charge in [-0.1, -0.05) is 0 Å². The third-order valence-electron chi connectivity index (χ3n) is 2.62. The summed E-state index contributed by atoms with van der Waals surface area (Å²) in [5, 5.41) is 9.03. The summed E-state index contributed by atoms with van der Waals surface area (Å²) < 4.78 is 22.8. The molecule has 0 heterocycles. The van der Waals surface area contributed by atoms with Crippen molar-refractivity contribution >= 4 is 11.9 Å². The smallest absolute Gasteiger partial charge is 0.338 e. The number of esters is 1. The fourth-order valence-electron chi connectivity index (χ4n) is 1.66. The Morgan fingerprint density at radius 1 is 1.00 bits per heavy atom. The van der Waals surface area contributed by atoms with Crippen LogP contribution in [0.3, 0.4) is 0 Å². The normalized spacial score (nSPS) is 10.0. The first-order valence-electron chi connectivity index (χ1n) is 5.89. The van der Waals surface area contributed by atoms with Gasteiger partial charge in [-0.25, -0.2) is 14.0 Å². The van der Waals surface area contributed by atoms with Crippen molar-refractivity contribution in [1.82, 2.24) is 0 Å². The van der Waals surface area contributed by atoms with E-state index in [1.807, 2.05) is 0 Å². The Labute approximate surface area is 119 Å². The van der Waals surface area contributed by atoms with Crippen molar-refractivity contribution in [3.63, 3.8) is 0 Å². The molecule has 0 fully saturated rings. The Hall–Kier alpha value is -2.89. The molecule has 0 atom stereocenters. The minimum Gasteiger partial charge on any atom is -0.478 e. The predicted octanol–water partition coefficient (Wildman–Crippen LogP) is 3.10. The van der Waals surface area contributed by atoms with E-state index >= 15 is 0 Å². The standard InChI is InChI=1S/C15H11FO5/c1-20-15(19)10-6-9(14(17)18)7-13(8-10)21-12-4-2-11(16)3-5-12/h2-8H,1H3,(H,17,18). The van der Waals surface area contributed by atoms with Gasteiger partial charge in [0.1, 0.15) is 17.3 Å². The first-order chi connectivity index (χ1) is 9.99. The third kappa shape index (κ3) is 3.56. The first kappa shape index (κ1) is 14.5. The summed E-state index contributed by atoms with van der Waals surface area (Å²) in [5.74, 6) is -1.85. The molecule has 0 saturated carbocycles. The fraction of sp³-hybridized carbons (Fsp3) is 0.0667. The van der Waals surface area contributed by atoms with E-state index in [9.17, 15) is 14.0 Å². The molecule has 0 unspecified atom stereocenters. The molecule has 5 nitrogen and oxygen atoms in total. The zero-order valence-electron chi connectivity index (χ0n) is 11.0. The van der Waals surface area contributed by atoms with Crippen molar-refractivity contribution in [1.29, 1.82) is 0 Å². The van der Waals surface area contributed by atoms with Gasteiger partial charge in [0, 0.05) is 0 Å². The highest BCUT2D eigenvalue weighted by molar-refractivity contribution is 5.95. The van der Waals surface area contributed by atoms with Crippen molar-refractivity contribution < 1.29 is 28.6 Å². The number of benzene rings is 2. The average Bonchev–Trinajstić information content (AvgIpc) is 2.48. The largest absolute Gasteiger partial charge is 0.478 e. The number of carboxylic acid groups (broad SMARTS) is 1. The Morgan fingerprint density at radius 3 is 2.19 bits per heavy atom. The molecule has 0 saturated heterocycles. The molecule has 0 bridgehead atoms. The lowest BCUT2D eigenvalue weighted by Crippen LogP contribution is -2.05. The van der Waals surface area contributed by atoms with Gasteiger partial charge in [-0.15, -0.1) is 0 Å². The summed E-state index contributed by atoms with van der Waals surface area (Å²) in [6.07, 6.45) is 0. The van der Waals surface area contributed by atoms with Crippen LogP contribution in [0.15, 0.2) is 42.5 Å². The minimum atomic E-state index is -1.20. The van der Waals surface area contributed by atoms with Gasteiger partial charge in [-0.3, -0.25) is 0 Å². The van der Waals surface area contributed by atoms with Crippen LogP contribution >= 0.6 is 0 Å². The number of carbonyl (C=O) groups is 2. The molecule has 0 amide bonds. The molecule has 0 aliphatic rings. The topological polar surface area (TPSA) is 72.8 Å². The van der Waals surface area contributed by atoms with Gasteiger partial charge in [-0.2, -0.15) is 0 Å². The van der Waals surface area contributed by atoms with Gasteiger partial charge >= 0.3 is 11.9 Å². The summed E-state index contributed by atoms with van der Waals surface area (Å²) >= 11 is 0. The summed E-state index contributed by atoms with van der Waals surface area (Å²) in [4.78, 5) is 22.6. The first-order valence-corrected chi connectivity index (χ1v) is 5.89.